The van der Waals surface area contributed by atoms with E-state index in [2.05, 4.69) is 11.8 Å². The molecule has 1 fully saturated rings. The minimum atomic E-state index is -0.102. The molecule has 0 saturated carbocycles. The molecule has 0 N–H and O–H groups in total. The van der Waals surface area contributed by atoms with E-state index in [0.29, 0.717) is 24.8 Å². The van der Waals surface area contributed by atoms with Crippen molar-refractivity contribution in [2.75, 3.05) is 24.6 Å². The molecule has 1 aliphatic heterocycles. The number of nitrogens with zero attached hydrogens (tertiary/aromatic N) is 3. The van der Waals surface area contributed by atoms with Gasteiger partial charge in [0.1, 0.15) is 0 Å². The normalized spacial score (nSPS) is 17.1. The molecule has 1 unspecified atom stereocenters. The molecule has 0 radical (unpaired) electrons. The predicted molar refractivity (Wildman–Crippen MR) is 115 cm³/mol. The maximum atomic E-state index is 12.4. The van der Waals surface area contributed by atoms with E-state index in [1.165, 1.54) is 11.3 Å². The van der Waals surface area contributed by atoms with Gasteiger partial charge in [-0.2, -0.15) is 0 Å². The van der Waals surface area contributed by atoms with Crippen LogP contribution in [0.15, 0.2) is 29.6 Å². The number of thiazole rings is 1. The van der Waals surface area contributed by atoms with E-state index >= 15 is 0 Å². The molecular formula is C22H29N3O3S. The lowest BCUT2D eigenvalue weighted by Crippen LogP contribution is -2.39. The number of esters is 1. The fraction of sp³-hybridized carbons (Fsp3) is 0.500. The van der Waals surface area contributed by atoms with Crippen molar-refractivity contribution in [3.8, 4) is 0 Å². The Morgan fingerprint density at radius 2 is 2.10 bits per heavy atom. The highest BCUT2D eigenvalue weighted by molar-refractivity contribution is 7.14. The highest BCUT2D eigenvalue weighted by Gasteiger charge is 2.27. The number of likely N-dealkylation sites (tertiary alicyclic amines) is 1. The SMILES string of the molecule is CCOC(=O)C1CCCN(Cc2csc(N(C(C)=O)c3ccccc3CC)n2)C1. The number of piperidine rings is 1. The fourth-order valence-electron chi connectivity index (χ4n) is 3.79. The molecule has 2 heterocycles. The minimum absolute atomic E-state index is 0.0489. The molecule has 3 rings (SSSR count). The van der Waals surface area contributed by atoms with Gasteiger partial charge in [-0.05, 0) is 44.4 Å². The third-order valence-electron chi connectivity index (χ3n) is 5.17. The van der Waals surface area contributed by atoms with Gasteiger partial charge in [-0.15, -0.1) is 11.3 Å². The lowest BCUT2D eigenvalue weighted by molar-refractivity contribution is -0.150. The summed E-state index contributed by atoms with van der Waals surface area (Å²) in [5.41, 5.74) is 2.94. The molecule has 0 aliphatic carbocycles. The van der Waals surface area contributed by atoms with E-state index < -0.39 is 0 Å². The minimum Gasteiger partial charge on any atom is -0.466 e. The monoisotopic (exact) mass is 415 g/mol. The second-order valence-corrected chi connectivity index (χ2v) is 8.12. The molecule has 2 aromatic rings. The zero-order valence-corrected chi connectivity index (χ0v) is 18.2. The zero-order valence-electron chi connectivity index (χ0n) is 17.4. The van der Waals surface area contributed by atoms with Crippen molar-refractivity contribution in [2.24, 2.45) is 5.92 Å². The molecule has 1 aromatic carbocycles. The Labute approximate surface area is 176 Å². The van der Waals surface area contributed by atoms with E-state index in [4.69, 9.17) is 9.72 Å². The highest BCUT2D eigenvalue weighted by atomic mass is 32.1. The van der Waals surface area contributed by atoms with Gasteiger partial charge in [-0.25, -0.2) is 4.98 Å². The molecule has 6 nitrogen and oxygen atoms in total. The van der Waals surface area contributed by atoms with Gasteiger partial charge in [-0.3, -0.25) is 19.4 Å². The number of anilines is 2. The summed E-state index contributed by atoms with van der Waals surface area (Å²) in [4.78, 5) is 33.2. The Kier molecular flexibility index (Phi) is 7.39. The molecule has 156 valence electrons. The van der Waals surface area contributed by atoms with Crippen molar-refractivity contribution in [1.82, 2.24) is 9.88 Å². The van der Waals surface area contributed by atoms with E-state index in [1.807, 2.05) is 36.6 Å². The van der Waals surface area contributed by atoms with Crippen LogP contribution in [0.25, 0.3) is 0 Å². The van der Waals surface area contributed by atoms with Crippen LogP contribution in [0, 0.1) is 5.92 Å². The van der Waals surface area contributed by atoms with Gasteiger partial charge in [-0.1, -0.05) is 25.1 Å². The number of amides is 1. The Bertz CT molecular complexity index is 851. The number of aryl methyl sites for hydroxylation is 1. The third kappa shape index (κ3) is 5.22. The number of hydrogen-bond donors (Lipinski definition) is 0. The van der Waals surface area contributed by atoms with Crippen molar-refractivity contribution in [3.05, 3.63) is 40.9 Å². The van der Waals surface area contributed by atoms with Gasteiger partial charge in [0.25, 0.3) is 0 Å². The number of hydrogen-bond acceptors (Lipinski definition) is 6. The zero-order chi connectivity index (χ0) is 20.8. The number of carbonyl (C=O) groups is 2. The first-order valence-corrected chi connectivity index (χ1v) is 11.1. The molecule has 1 aromatic heterocycles. The molecule has 7 heteroatoms. The lowest BCUT2D eigenvalue weighted by Gasteiger charge is -2.30. The summed E-state index contributed by atoms with van der Waals surface area (Å²) in [7, 11) is 0. The van der Waals surface area contributed by atoms with Crippen LogP contribution in [0.4, 0.5) is 10.8 Å². The van der Waals surface area contributed by atoms with Gasteiger partial charge in [0.05, 0.1) is 23.9 Å². The fourth-order valence-corrected chi connectivity index (χ4v) is 4.66. The summed E-state index contributed by atoms with van der Waals surface area (Å²) < 4.78 is 5.19. The number of carbonyl (C=O) groups excluding carboxylic acids is 2. The summed E-state index contributed by atoms with van der Waals surface area (Å²) in [6.45, 7) is 8.23. The average molecular weight is 416 g/mol. The highest BCUT2D eigenvalue weighted by Crippen LogP contribution is 2.32. The van der Waals surface area contributed by atoms with Gasteiger partial charge in [0, 0.05) is 25.4 Å². The van der Waals surface area contributed by atoms with Crippen LogP contribution in [0.3, 0.4) is 0 Å². The molecule has 1 amide bonds. The number of ether oxygens (including phenoxy) is 1. The second kappa shape index (κ2) is 9.98. The Morgan fingerprint density at radius 3 is 2.83 bits per heavy atom. The number of benzene rings is 1. The molecule has 0 spiro atoms. The Balaban J connectivity index is 1.74. The van der Waals surface area contributed by atoms with Crippen LogP contribution in [0.2, 0.25) is 0 Å². The van der Waals surface area contributed by atoms with Crippen LogP contribution in [0.1, 0.15) is 44.9 Å². The van der Waals surface area contributed by atoms with Crippen molar-refractivity contribution >= 4 is 34.0 Å². The van der Waals surface area contributed by atoms with E-state index in [9.17, 15) is 9.59 Å². The molecule has 1 saturated heterocycles. The molecule has 1 aliphatic rings. The first kappa shape index (κ1) is 21.5. The topological polar surface area (TPSA) is 62.7 Å². The van der Waals surface area contributed by atoms with Crippen molar-refractivity contribution in [1.29, 1.82) is 0 Å². The van der Waals surface area contributed by atoms with E-state index in [-0.39, 0.29) is 17.8 Å². The van der Waals surface area contributed by atoms with Gasteiger partial charge >= 0.3 is 5.97 Å². The molecule has 1 atom stereocenters. The van der Waals surface area contributed by atoms with E-state index in [0.717, 1.165) is 42.8 Å². The summed E-state index contributed by atoms with van der Waals surface area (Å²) in [5, 5.41) is 2.70. The smallest absolute Gasteiger partial charge is 0.310 e. The van der Waals surface area contributed by atoms with Crippen LogP contribution < -0.4 is 4.90 Å². The summed E-state index contributed by atoms with van der Waals surface area (Å²) in [6.07, 6.45) is 2.70. The quantitative estimate of drug-likeness (QED) is 0.635. The standard InChI is InChI=1S/C22H29N3O3S/c1-4-17-9-6-7-11-20(17)25(16(3)26)22-23-19(15-29-22)14-24-12-8-10-18(13-24)21(27)28-5-2/h6-7,9,11,15,18H,4-5,8,10,12-14H2,1-3H3. The average Bonchev–Trinajstić information content (AvgIpc) is 3.16. The second-order valence-electron chi connectivity index (χ2n) is 7.28. The molecule has 29 heavy (non-hydrogen) atoms. The maximum absolute atomic E-state index is 12.4. The maximum Gasteiger partial charge on any atom is 0.310 e. The van der Waals surface area contributed by atoms with Crippen LogP contribution in [-0.4, -0.2) is 41.5 Å². The van der Waals surface area contributed by atoms with Gasteiger partial charge in [0.15, 0.2) is 5.13 Å². The summed E-state index contributed by atoms with van der Waals surface area (Å²) in [5.74, 6) is -0.214. The number of rotatable bonds is 7. The van der Waals surface area contributed by atoms with Gasteiger partial charge < -0.3 is 4.74 Å². The Hall–Kier alpha value is -2.25. The largest absolute Gasteiger partial charge is 0.466 e. The Morgan fingerprint density at radius 1 is 1.31 bits per heavy atom. The predicted octanol–water partition coefficient (Wildman–Crippen LogP) is 4.17. The summed E-state index contributed by atoms with van der Waals surface area (Å²) in [6, 6.07) is 7.95. The third-order valence-corrected chi connectivity index (χ3v) is 6.04. The lowest BCUT2D eigenvalue weighted by atomic mass is 9.98. The van der Waals surface area contributed by atoms with Crippen molar-refractivity contribution in [3.63, 3.8) is 0 Å². The van der Waals surface area contributed by atoms with Crippen LogP contribution in [-0.2, 0) is 27.3 Å². The van der Waals surface area contributed by atoms with Crippen LogP contribution >= 0.6 is 11.3 Å². The number of para-hydroxylation sites is 1. The molecule has 0 bridgehead atoms. The van der Waals surface area contributed by atoms with Gasteiger partial charge in [0.2, 0.25) is 5.91 Å². The molecular weight excluding hydrogens is 386 g/mol. The van der Waals surface area contributed by atoms with Crippen molar-refractivity contribution < 1.29 is 14.3 Å². The van der Waals surface area contributed by atoms with Crippen molar-refractivity contribution in [2.45, 2.75) is 46.6 Å². The first-order chi connectivity index (χ1) is 14.0. The summed E-state index contributed by atoms with van der Waals surface area (Å²) >= 11 is 1.48. The first-order valence-electron chi connectivity index (χ1n) is 10.3. The van der Waals surface area contributed by atoms with E-state index in [1.54, 1.807) is 11.8 Å². The number of aromatic nitrogens is 1. The van der Waals surface area contributed by atoms with Crippen LogP contribution in [0.5, 0.6) is 0 Å².